The number of amides is 3. The van der Waals surface area contributed by atoms with Crippen molar-refractivity contribution in [3.8, 4) is 10.6 Å². The second-order valence-corrected chi connectivity index (χ2v) is 11.9. The first-order chi connectivity index (χ1) is 19.3. The lowest BCUT2D eigenvalue weighted by Gasteiger charge is -2.33. The van der Waals surface area contributed by atoms with Gasteiger partial charge in [0.25, 0.3) is 0 Å². The SMILES string of the molecule is Cc1ccc(N2CC(C(=O)N3CCC(C(=O)Nc4ccc(-c5nc6ccc(C)cc6s5)cc4)CC3)CC2=O)cc1. The number of rotatable bonds is 5. The van der Waals surface area contributed by atoms with Gasteiger partial charge in [-0.3, -0.25) is 14.4 Å². The first-order valence-corrected chi connectivity index (χ1v) is 14.6. The van der Waals surface area contributed by atoms with Crippen molar-refractivity contribution in [2.45, 2.75) is 33.1 Å². The number of benzene rings is 3. The lowest BCUT2D eigenvalue weighted by Crippen LogP contribution is -2.44. The van der Waals surface area contributed by atoms with Crippen LogP contribution in [0.1, 0.15) is 30.4 Å². The van der Waals surface area contributed by atoms with Gasteiger partial charge in [-0.1, -0.05) is 23.8 Å². The molecule has 2 aliphatic rings. The maximum absolute atomic E-state index is 13.2. The van der Waals surface area contributed by atoms with Crippen LogP contribution in [-0.2, 0) is 14.4 Å². The number of hydrogen-bond acceptors (Lipinski definition) is 5. The first kappa shape index (κ1) is 26.2. The highest BCUT2D eigenvalue weighted by atomic mass is 32.1. The van der Waals surface area contributed by atoms with Crippen molar-refractivity contribution in [1.29, 1.82) is 0 Å². The fraction of sp³-hybridized carbons (Fsp3) is 0.312. The molecular weight excluding hydrogens is 520 g/mol. The van der Waals surface area contributed by atoms with Gasteiger partial charge in [0.2, 0.25) is 17.7 Å². The van der Waals surface area contributed by atoms with Gasteiger partial charge in [-0.25, -0.2) is 4.98 Å². The Morgan fingerprint density at radius 3 is 2.33 bits per heavy atom. The summed E-state index contributed by atoms with van der Waals surface area (Å²) in [5, 5.41) is 4.01. The van der Waals surface area contributed by atoms with E-state index in [1.807, 2.05) is 66.4 Å². The molecule has 1 unspecified atom stereocenters. The van der Waals surface area contributed by atoms with Gasteiger partial charge < -0.3 is 15.1 Å². The number of carbonyl (C=O) groups excluding carboxylic acids is 3. The number of aryl methyl sites for hydroxylation is 2. The van der Waals surface area contributed by atoms with Crippen molar-refractivity contribution in [3.63, 3.8) is 0 Å². The highest BCUT2D eigenvalue weighted by Gasteiger charge is 2.38. The largest absolute Gasteiger partial charge is 0.342 e. The maximum atomic E-state index is 13.2. The van der Waals surface area contributed by atoms with Gasteiger partial charge in [-0.15, -0.1) is 11.3 Å². The van der Waals surface area contributed by atoms with Crippen LogP contribution in [0.4, 0.5) is 11.4 Å². The average molecular weight is 553 g/mol. The molecule has 6 rings (SSSR count). The Balaban J connectivity index is 1.01. The van der Waals surface area contributed by atoms with Crippen LogP contribution in [0, 0.1) is 25.7 Å². The summed E-state index contributed by atoms with van der Waals surface area (Å²) in [6.45, 7) is 5.56. The molecule has 2 fully saturated rings. The van der Waals surface area contributed by atoms with Gasteiger partial charge in [0.15, 0.2) is 0 Å². The highest BCUT2D eigenvalue weighted by molar-refractivity contribution is 7.21. The zero-order valence-electron chi connectivity index (χ0n) is 22.7. The zero-order chi connectivity index (χ0) is 27.8. The molecule has 3 amide bonds. The molecule has 0 bridgehead atoms. The molecule has 1 aromatic heterocycles. The summed E-state index contributed by atoms with van der Waals surface area (Å²) in [5.74, 6) is -0.498. The van der Waals surface area contributed by atoms with Gasteiger partial charge >= 0.3 is 0 Å². The number of likely N-dealkylation sites (tertiary alicyclic amines) is 1. The molecule has 7 nitrogen and oxygen atoms in total. The van der Waals surface area contributed by atoms with E-state index in [2.05, 4.69) is 24.4 Å². The lowest BCUT2D eigenvalue weighted by atomic mass is 9.94. The minimum atomic E-state index is -0.336. The Bertz CT molecular complexity index is 1570. The van der Waals surface area contributed by atoms with Gasteiger partial charge in [-0.05, 0) is 80.8 Å². The smallest absolute Gasteiger partial charge is 0.228 e. The van der Waals surface area contributed by atoms with E-state index in [1.165, 1.54) is 10.3 Å². The number of nitrogens with one attached hydrogen (secondary N) is 1. The van der Waals surface area contributed by atoms with E-state index in [0.717, 1.165) is 33.0 Å². The number of aromatic nitrogens is 1. The second-order valence-electron chi connectivity index (χ2n) is 10.9. The van der Waals surface area contributed by atoms with Crippen LogP contribution >= 0.6 is 11.3 Å². The van der Waals surface area contributed by atoms with E-state index in [9.17, 15) is 14.4 Å². The molecule has 40 heavy (non-hydrogen) atoms. The Morgan fingerprint density at radius 1 is 0.900 bits per heavy atom. The Labute approximate surface area is 237 Å². The highest BCUT2D eigenvalue weighted by Crippen LogP contribution is 2.32. The fourth-order valence-corrected chi connectivity index (χ4v) is 6.63. The molecule has 2 aliphatic heterocycles. The second kappa shape index (κ2) is 10.8. The summed E-state index contributed by atoms with van der Waals surface area (Å²) in [4.78, 5) is 47.1. The topological polar surface area (TPSA) is 82.6 Å². The Kier molecular flexibility index (Phi) is 7.11. The number of hydrogen-bond donors (Lipinski definition) is 1. The summed E-state index contributed by atoms with van der Waals surface area (Å²) in [6.07, 6.45) is 1.46. The Morgan fingerprint density at radius 2 is 1.60 bits per heavy atom. The van der Waals surface area contributed by atoms with E-state index in [0.29, 0.717) is 32.5 Å². The average Bonchev–Trinajstić information content (AvgIpc) is 3.57. The number of nitrogens with zero attached hydrogens (tertiary/aromatic N) is 3. The molecule has 8 heteroatoms. The molecule has 204 valence electrons. The molecule has 2 saturated heterocycles. The van der Waals surface area contributed by atoms with E-state index < -0.39 is 0 Å². The van der Waals surface area contributed by atoms with E-state index >= 15 is 0 Å². The van der Waals surface area contributed by atoms with Gasteiger partial charge in [0.1, 0.15) is 5.01 Å². The summed E-state index contributed by atoms with van der Waals surface area (Å²) in [6, 6.07) is 21.9. The number of fused-ring (bicyclic) bond motifs is 1. The Hall–Kier alpha value is -4.04. The molecule has 0 saturated carbocycles. The van der Waals surface area contributed by atoms with E-state index in [-0.39, 0.29) is 36.0 Å². The summed E-state index contributed by atoms with van der Waals surface area (Å²) in [7, 11) is 0. The standard InChI is InChI=1S/C32H32N4O3S/c1-20-3-10-26(11-4-20)36-19-24(18-29(36)37)32(39)35-15-13-22(14-16-35)30(38)33-25-8-6-23(7-9-25)31-34-27-12-5-21(2)17-28(27)40-31/h3-12,17,22,24H,13-16,18-19H2,1-2H3,(H,33,38). The van der Waals surface area contributed by atoms with Crippen LogP contribution in [0.3, 0.4) is 0 Å². The normalized spacial score (nSPS) is 17.9. The third kappa shape index (κ3) is 5.36. The van der Waals surface area contributed by atoms with Crippen molar-refractivity contribution < 1.29 is 14.4 Å². The molecule has 0 spiro atoms. The number of piperidine rings is 1. The molecule has 0 aliphatic carbocycles. The van der Waals surface area contributed by atoms with Gasteiger partial charge in [0.05, 0.1) is 16.1 Å². The predicted molar refractivity (Wildman–Crippen MR) is 159 cm³/mol. The quantitative estimate of drug-likeness (QED) is 0.339. The number of anilines is 2. The molecule has 3 heterocycles. The fourth-order valence-electron chi connectivity index (χ4n) is 5.56. The van der Waals surface area contributed by atoms with E-state index in [4.69, 9.17) is 4.98 Å². The van der Waals surface area contributed by atoms with Crippen molar-refractivity contribution in [3.05, 3.63) is 77.9 Å². The summed E-state index contributed by atoms with van der Waals surface area (Å²) >= 11 is 1.67. The minimum absolute atomic E-state index is 0.0132. The number of thiazole rings is 1. The van der Waals surface area contributed by atoms with Gasteiger partial charge in [0, 0.05) is 48.9 Å². The molecule has 3 aromatic carbocycles. The minimum Gasteiger partial charge on any atom is -0.342 e. The zero-order valence-corrected chi connectivity index (χ0v) is 23.5. The van der Waals surface area contributed by atoms with Crippen molar-refractivity contribution >= 4 is 50.6 Å². The van der Waals surface area contributed by atoms with Crippen LogP contribution in [-0.4, -0.2) is 47.2 Å². The molecule has 0 radical (unpaired) electrons. The summed E-state index contributed by atoms with van der Waals surface area (Å²) < 4.78 is 1.17. The monoisotopic (exact) mass is 552 g/mol. The first-order valence-electron chi connectivity index (χ1n) is 13.8. The van der Waals surface area contributed by atoms with Crippen molar-refractivity contribution in [2.75, 3.05) is 29.9 Å². The predicted octanol–water partition coefficient (Wildman–Crippen LogP) is 5.81. The third-order valence-electron chi connectivity index (χ3n) is 7.94. The molecule has 4 aromatic rings. The van der Waals surface area contributed by atoms with E-state index in [1.54, 1.807) is 16.2 Å². The van der Waals surface area contributed by atoms with Crippen molar-refractivity contribution in [2.24, 2.45) is 11.8 Å². The summed E-state index contributed by atoms with van der Waals surface area (Å²) in [5.41, 5.74) is 5.96. The molecule has 1 N–H and O–H groups in total. The molecule has 1 atom stereocenters. The number of carbonyl (C=O) groups is 3. The lowest BCUT2D eigenvalue weighted by molar-refractivity contribution is -0.138. The van der Waals surface area contributed by atoms with Crippen LogP contribution in [0.5, 0.6) is 0 Å². The third-order valence-corrected chi connectivity index (χ3v) is 9.01. The van der Waals surface area contributed by atoms with Crippen molar-refractivity contribution in [1.82, 2.24) is 9.88 Å². The van der Waals surface area contributed by atoms with Crippen LogP contribution in [0.25, 0.3) is 20.8 Å². The maximum Gasteiger partial charge on any atom is 0.228 e. The molecular formula is C32H32N4O3S. The van der Waals surface area contributed by atoms with Crippen LogP contribution < -0.4 is 10.2 Å². The van der Waals surface area contributed by atoms with Gasteiger partial charge in [-0.2, -0.15) is 0 Å². The van der Waals surface area contributed by atoms with Crippen LogP contribution in [0.15, 0.2) is 66.7 Å². The van der Waals surface area contributed by atoms with Crippen LogP contribution in [0.2, 0.25) is 0 Å².